The maximum atomic E-state index is 5.63. The van der Waals surface area contributed by atoms with Crippen LogP contribution < -0.4 is 5.32 Å². The Morgan fingerprint density at radius 3 is 2.64 bits per heavy atom. The van der Waals surface area contributed by atoms with Crippen molar-refractivity contribution in [2.75, 3.05) is 40.3 Å². The zero-order valence-corrected chi connectivity index (χ0v) is 9.59. The zero-order valence-electron chi connectivity index (χ0n) is 9.59. The van der Waals surface area contributed by atoms with Gasteiger partial charge in [0.05, 0.1) is 12.7 Å². The van der Waals surface area contributed by atoms with Gasteiger partial charge >= 0.3 is 0 Å². The summed E-state index contributed by atoms with van der Waals surface area (Å²) in [7, 11) is 4.22. The average Bonchev–Trinajstić information content (AvgIpc) is 2.06. The minimum atomic E-state index is 0.582. The standard InChI is InChI=1S/C11H24N2O/c1-13(2)9-4-7-12-8-10-14-11-5-3-6-11/h11-12H,3-10H2,1-2H3. The van der Waals surface area contributed by atoms with E-state index in [-0.39, 0.29) is 0 Å². The molecule has 14 heavy (non-hydrogen) atoms. The first-order chi connectivity index (χ1) is 6.79. The van der Waals surface area contributed by atoms with Gasteiger partial charge in [0, 0.05) is 6.54 Å². The fraction of sp³-hybridized carbons (Fsp3) is 1.00. The topological polar surface area (TPSA) is 24.5 Å². The van der Waals surface area contributed by atoms with Crippen molar-refractivity contribution in [1.29, 1.82) is 0 Å². The van der Waals surface area contributed by atoms with Gasteiger partial charge in [0.2, 0.25) is 0 Å². The van der Waals surface area contributed by atoms with Crippen LogP contribution in [-0.4, -0.2) is 51.3 Å². The van der Waals surface area contributed by atoms with Gasteiger partial charge < -0.3 is 15.0 Å². The van der Waals surface area contributed by atoms with Crippen LogP contribution in [0.1, 0.15) is 25.7 Å². The fourth-order valence-corrected chi connectivity index (χ4v) is 1.48. The molecule has 0 aromatic heterocycles. The number of hydrogen-bond donors (Lipinski definition) is 1. The van der Waals surface area contributed by atoms with E-state index in [2.05, 4.69) is 24.3 Å². The van der Waals surface area contributed by atoms with E-state index in [0.29, 0.717) is 6.10 Å². The van der Waals surface area contributed by atoms with Crippen LogP contribution >= 0.6 is 0 Å². The highest BCUT2D eigenvalue weighted by molar-refractivity contribution is 4.69. The van der Waals surface area contributed by atoms with E-state index in [1.54, 1.807) is 0 Å². The lowest BCUT2D eigenvalue weighted by Crippen LogP contribution is -2.28. The van der Waals surface area contributed by atoms with Crippen molar-refractivity contribution in [2.24, 2.45) is 0 Å². The van der Waals surface area contributed by atoms with Crippen LogP contribution in [0.4, 0.5) is 0 Å². The van der Waals surface area contributed by atoms with Gasteiger partial charge in [-0.25, -0.2) is 0 Å². The molecule has 1 saturated carbocycles. The number of rotatable bonds is 8. The van der Waals surface area contributed by atoms with E-state index < -0.39 is 0 Å². The molecule has 84 valence electrons. The molecule has 1 aliphatic carbocycles. The van der Waals surface area contributed by atoms with Crippen molar-refractivity contribution in [3.8, 4) is 0 Å². The molecule has 0 unspecified atom stereocenters. The lowest BCUT2D eigenvalue weighted by Gasteiger charge is -2.25. The molecule has 0 aromatic carbocycles. The summed E-state index contributed by atoms with van der Waals surface area (Å²) in [5.41, 5.74) is 0. The van der Waals surface area contributed by atoms with Gasteiger partial charge in [-0.2, -0.15) is 0 Å². The monoisotopic (exact) mass is 200 g/mol. The molecular formula is C11H24N2O. The second-order valence-corrected chi connectivity index (χ2v) is 4.33. The predicted octanol–water partition coefficient (Wildman–Crippen LogP) is 1.10. The molecule has 3 heteroatoms. The minimum absolute atomic E-state index is 0.582. The van der Waals surface area contributed by atoms with Crippen molar-refractivity contribution in [2.45, 2.75) is 31.8 Å². The Hall–Kier alpha value is -0.120. The Kier molecular flexibility index (Phi) is 6.15. The Balaban J connectivity index is 1.71. The maximum absolute atomic E-state index is 5.63. The van der Waals surface area contributed by atoms with Crippen LogP contribution in [0.15, 0.2) is 0 Å². The molecule has 1 N–H and O–H groups in total. The van der Waals surface area contributed by atoms with Crippen molar-refractivity contribution in [3.63, 3.8) is 0 Å². The molecule has 0 bridgehead atoms. The number of ether oxygens (including phenoxy) is 1. The molecule has 1 fully saturated rings. The Labute approximate surface area is 87.8 Å². The minimum Gasteiger partial charge on any atom is -0.377 e. The van der Waals surface area contributed by atoms with Gasteiger partial charge in [0.15, 0.2) is 0 Å². The zero-order chi connectivity index (χ0) is 10.2. The van der Waals surface area contributed by atoms with Crippen molar-refractivity contribution < 1.29 is 4.74 Å². The van der Waals surface area contributed by atoms with E-state index in [1.165, 1.54) is 25.7 Å². The van der Waals surface area contributed by atoms with E-state index >= 15 is 0 Å². The highest BCUT2D eigenvalue weighted by Crippen LogP contribution is 2.21. The average molecular weight is 200 g/mol. The van der Waals surface area contributed by atoms with Crippen LogP contribution in [-0.2, 0) is 4.74 Å². The molecule has 0 spiro atoms. The predicted molar refractivity (Wildman–Crippen MR) is 59.6 cm³/mol. The van der Waals surface area contributed by atoms with Crippen molar-refractivity contribution in [1.82, 2.24) is 10.2 Å². The highest BCUT2D eigenvalue weighted by atomic mass is 16.5. The van der Waals surface area contributed by atoms with Gasteiger partial charge in [-0.1, -0.05) is 0 Å². The van der Waals surface area contributed by atoms with Crippen LogP contribution in [0, 0.1) is 0 Å². The summed E-state index contributed by atoms with van der Waals surface area (Å²) in [6.07, 6.45) is 5.72. The quantitative estimate of drug-likeness (QED) is 0.594. The summed E-state index contributed by atoms with van der Waals surface area (Å²) < 4.78 is 5.63. The Bertz CT molecular complexity index is 135. The fourth-order valence-electron chi connectivity index (χ4n) is 1.48. The van der Waals surface area contributed by atoms with Crippen LogP contribution in [0.2, 0.25) is 0 Å². The Morgan fingerprint density at radius 2 is 2.07 bits per heavy atom. The van der Waals surface area contributed by atoms with Gasteiger partial charge in [0.1, 0.15) is 0 Å². The molecule has 0 radical (unpaired) electrons. The molecule has 0 saturated heterocycles. The number of nitrogens with one attached hydrogen (secondary N) is 1. The third-order valence-electron chi connectivity index (χ3n) is 2.64. The summed E-state index contributed by atoms with van der Waals surface area (Å²) in [6, 6.07) is 0. The summed E-state index contributed by atoms with van der Waals surface area (Å²) >= 11 is 0. The summed E-state index contributed by atoms with van der Waals surface area (Å²) in [5, 5.41) is 3.39. The van der Waals surface area contributed by atoms with E-state index in [0.717, 1.165) is 26.2 Å². The Morgan fingerprint density at radius 1 is 1.29 bits per heavy atom. The molecular weight excluding hydrogens is 176 g/mol. The lowest BCUT2D eigenvalue weighted by atomic mass is 9.96. The van der Waals surface area contributed by atoms with E-state index in [1.807, 2.05) is 0 Å². The second-order valence-electron chi connectivity index (χ2n) is 4.33. The molecule has 0 aromatic rings. The van der Waals surface area contributed by atoms with Gasteiger partial charge in [-0.05, 0) is 52.9 Å². The molecule has 0 atom stereocenters. The SMILES string of the molecule is CN(C)CCCNCCOC1CCC1. The first-order valence-electron chi connectivity index (χ1n) is 5.76. The maximum Gasteiger partial charge on any atom is 0.0594 e. The van der Waals surface area contributed by atoms with Gasteiger partial charge in [0.25, 0.3) is 0 Å². The van der Waals surface area contributed by atoms with E-state index in [9.17, 15) is 0 Å². The number of nitrogens with zero attached hydrogens (tertiary/aromatic N) is 1. The van der Waals surface area contributed by atoms with Crippen molar-refractivity contribution in [3.05, 3.63) is 0 Å². The third-order valence-corrected chi connectivity index (χ3v) is 2.64. The summed E-state index contributed by atoms with van der Waals surface area (Å²) in [6.45, 7) is 4.15. The first kappa shape index (κ1) is 12.0. The second kappa shape index (κ2) is 7.21. The molecule has 1 rings (SSSR count). The summed E-state index contributed by atoms with van der Waals surface area (Å²) in [5.74, 6) is 0. The smallest absolute Gasteiger partial charge is 0.0594 e. The first-order valence-corrected chi connectivity index (χ1v) is 5.76. The van der Waals surface area contributed by atoms with Crippen LogP contribution in [0.3, 0.4) is 0 Å². The number of hydrogen-bond acceptors (Lipinski definition) is 3. The normalized spacial score (nSPS) is 17.4. The van der Waals surface area contributed by atoms with Crippen LogP contribution in [0.5, 0.6) is 0 Å². The molecule has 0 amide bonds. The molecule has 0 aliphatic heterocycles. The highest BCUT2D eigenvalue weighted by Gasteiger charge is 2.16. The van der Waals surface area contributed by atoms with Crippen molar-refractivity contribution >= 4 is 0 Å². The molecule has 0 heterocycles. The summed E-state index contributed by atoms with van der Waals surface area (Å²) in [4.78, 5) is 2.21. The van der Waals surface area contributed by atoms with E-state index in [4.69, 9.17) is 4.74 Å². The molecule has 3 nitrogen and oxygen atoms in total. The lowest BCUT2D eigenvalue weighted by molar-refractivity contribution is 0.00430. The van der Waals surface area contributed by atoms with Gasteiger partial charge in [-0.15, -0.1) is 0 Å². The molecule has 1 aliphatic rings. The third kappa shape index (κ3) is 5.58. The van der Waals surface area contributed by atoms with Crippen LogP contribution in [0.25, 0.3) is 0 Å². The van der Waals surface area contributed by atoms with Gasteiger partial charge in [-0.3, -0.25) is 0 Å². The largest absolute Gasteiger partial charge is 0.377 e.